The lowest BCUT2D eigenvalue weighted by molar-refractivity contribution is -0.114. The van der Waals surface area contributed by atoms with Crippen LogP contribution in [0.25, 0.3) is 6.08 Å². The van der Waals surface area contributed by atoms with Crippen molar-refractivity contribution >= 4 is 29.0 Å². The van der Waals surface area contributed by atoms with Gasteiger partial charge in [0.1, 0.15) is 0 Å². The first-order valence-corrected chi connectivity index (χ1v) is 8.74. The van der Waals surface area contributed by atoms with E-state index in [1.54, 1.807) is 22.3 Å². The van der Waals surface area contributed by atoms with E-state index in [0.29, 0.717) is 6.54 Å². The first-order valence-electron chi connectivity index (χ1n) is 7.86. The Balaban J connectivity index is 1.81. The number of benzene rings is 2. The number of aryl methyl sites for hydroxylation is 1. The van der Waals surface area contributed by atoms with Crippen molar-refractivity contribution in [2.45, 2.75) is 13.5 Å². The van der Waals surface area contributed by atoms with Gasteiger partial charge in [-0.15, -0.1) is 11.3 Å². The number of hydrogen-bond acceptors (Lipinski definition) is 2. The number of rotatable bonds is 5. The highest BCUT2D eigenvalue weighted by Crippen LogP contribution is 2.20. The zero-order valence-corrected chi connectivity index (χ0v) is 14.4. The zero-order chi connectivity index (χ0) is 16.8. The summed E-state index contributed by atoms with van der Waals surface area (Å²) >= 11 is 1.66. The average Bonchev–Trinajstić information content (AvgIpc) is 3.13. The van der Waals surface area contributed by atoms with Crippen molar-refractivity contribution in [1.82, 2.24) is 0 Å². The largest absolute Gasteiger partial charge is 0.304 e. The Hall–Kier alpha value is -2.65. The summed E-state index contributed by atoms with van der Waals surface area (Å²) in [4.78, 5) is 15.7. The highest BCUT2D eigenvalue weighted by molar-refractivity contribution is 7.09. The van der Waals surface area contributed by atoms with Crippen LogP contribution in [0.5, 0.6) is 0 Å². The summed E-state index contributed by atoms with van der Waals surface area (Å²) in [7, 11) is 0. The molecule has 2 nitrogen and oxygen atoms in total. The molecule has 0 saturated heterocycles. The molecule has 1 aromatic heterocycles. The summed E-state index contributed by atoms with van der Waals surface area (Å²) < 4.78 is 0. The molecule has 2 aromatic carbocycles. The molecule has 0 fully saturated rings. The monoisotopic (exact) mass is 333 g/mol. The summed E-state index contributed by atoms with van der Waals surface area (Å²) in [6.45, 7) is 2.63. The molecular formula is C21H19NOS. The quantitative estimate of drug-likeness (QED) is 0.580. The van der Waals surface area contributed by atoms with Crippen LogP contribution in [0.2, 0.25) is 0 Å². The molecular weight excluding hydrogens is 314 g/mol. The van der Waals surface area contributed by atoms with Gasteiger partial charge in [-0.25, -0.2) is 0 Å². The topological polar surface area (TPSA) is 20.3 Å². The Morgan fingerprint density at radius 2 is 1.75 bits per heavy atom. The van der Waals surface area contributed by atoms with E-state index in [2.05, 4.69) is 13.0 Å². The van der Waals surface area contributed by atoms with Gasteiger partial charge < -0.3 is 4.90 Å². The summed E-state index contributed by atoms with van der Waals surface area (Å²) in [5.41, 5.74) is 3.14. The number of hydrogen-bond donors (Lipinski definition) is 0. The molecule has 0 aliphatic carbocycles. The fourth-order valence-electron chi connectivity index (χ4n) is 2.40. The van der Waals surface area contributed by atoms with Gasteiger partial charge in [0.15, 0.2) is 0 Å². The molecule has 0 N–H and O–H groups in total. The van der Waals surface area contributed by atoms with Crippen LogP contribution >= 0.6 is 11.3 Å². The van der Waals surface area contributed by atoms with Crippen molar-refractivity contribution in [3.8, 4) is 0 Å². The second kappa shape index (κ2) is 7.75. The van der Waals surface area contributed by atoms with Gasteiger partial charge in [0.25, 0.3) is 5.91 Å². The molecule has 0 saturated carbocycles. The predicted molar refractivity (Wildman–Crippen MR) is 102 cm³/mol. The number of amides is 1. The van der Waals surface area contributed by atoms with E-state index in [1.807, 2.05) is 72.1 Å². The highest BCUT2D eigenvalue weighted by atomic mass is 32.1. The van der Waals surface area contributed by atoms with Gasteiger partial charge in [-0.1, -0.05) is 54.1 Å². The van der Waals surface area contributed by atoms with Crippen molar-refractivity contribution in [3.63, 3.8) is 0 Å². The van der Waals surface area contributed by atoms with Gasteiger partial charge in [-0.3, -0.25) is 4.79 Å². The second-order valence-corrected chi connectivity index (χ2v) is 6.62. The normalized spacial score (nSPS) is 10.9. The van der Waals surface area contributed by atoms with E-state index in [0.717, 1.165) is 16.1 Å². The molecule has 1 heterocycles. The first kappa shape index (κ1) is 16.2. The zero-order valence-electron chi connectivity index (χ0n) is 13.6. The lowest BCUT2D eigenvalue weighted by Crippen LogP contribution is -2.28. The fraction of sp³-hybridized carbons (Fsp3) is 0.0952. The molecule has 3 heteroatoms. The third kappa shape index (κ3) is 4.21. The predicted octanol–water partition coefficient (Wildman–Crippen LogP) is 5.30. The minimum atomic E-state index is -0.0184. The van der Waals surface area contributed by atoms with Crippen LogP contribution in [0.1, 0.15) is 16.0 Å². The van der Waals surface area contributed by atoms with Crippen LogP contribution in [0.15, 0.2) is 78.2 Å². The smallest absolute Gasteiger partial charge is 0.251 e. The minimum absolute atomic E-state index is 0.0184. The Labute approximate surface area is 146 Å². The van der Waals surface area contributed by atoms with Crippen LogP contribution in [0.3, 0.4) is 0 Å². The standard InChI is InChI=1S/C21H19NOS/c1-17-9-11-18(12-10-17)13-14-21(23)22(16-20-8-5-15-24-20)19-6-3-2-4-7-19/h2-15H,16H2,1H3. The van der Waals surface area contributed by atoms with Crippen LogP contribution < -0.4 is 4.90 Å². The molecule has 0 aliphatic heterocycles. The third-order valence-electron chi connectivity index (χ3n) is 3.72. The van der Waals surface area contributed by atoms with Gasteiger partial charge in [0, 0.05) is 16.6 Å². The molecule has 3 rings (SSSR count). The number of para-hydroxylation sites is 1. The summed E-state index contributed by atoms with van der Waals surface area (Å²) in [6, 6.07) is 22.0. The maximum Gasteiger partial charge on any atom is 0.251 e. The molecule has 0 spiro atoms. The van der Waals surface area contributed by atoms with Crippen molar-refractivity contribution in [2.75, 3.05) is 4.90 Å². The lowest BCUT2D eigenvalue weighted by Gasteiger charge is -2.20. The maximum absolute atomic E-state index is 12.8. The lowest BCUT2D eigenvalue weighted by atomic mass is 10.1. The molecule has 0 atom stereocenters. The van der Waals surface area contributed by atoms with Crippen LogP contribution in [-0.4, -0.2) is 5.91 Å². The van der Waals surface area contributed by atoms with Crippen LogP contribution in [0, 0.1) is 6.92 Å². The van der Waals surface area contributed by atoms with Crippen molar-refractivity contribution in [2.24, 2.45) is 0 Å². The van der Waals surface area contributed by atoms with Gasteiger partial charge in [-0.05, 0) is 42.1 Å². The van der Waals surface area contributed by atoms with E-state index in [1.165, 1.54) is 5.56 Å². The van der Waals surface area contributed by atoms with Gasteiger partial charge in [-0.2, -0.15) is 0 Å². The number of carbonyl (C=O) groups excluding carboxylic acids is 1. The molecule has 24 heavy (non-hydrogen) atoms. The Kier molecular flexibility index (Phi) is 5.24. The Morgan fingerprint density at radius 3 is 2.42 bits per heavy atom. The van der Waals surface area contributed by atoms with Crippen LogP contribution in [0.4, 0.5) is 5.69 Å². The van der Waals surface area contributed by atoms with Gasteiger partial charge in [0.05, 0.1) is 6.54 Å². The number of thiophene rings is 1. The molecule has 0 unspecified atom stereocenters. The summed E-state index contributed by atoms with van der Waals surface area (Å²) in [5.74, 6) is -0.0184. The number of nitrogens with zero attached hydrogens (tertiary/aromatic N) is 1. The van der Waals surface area contributed by atoms with E-state index in [-0.39, 0.29) is 5.91 Å². The third-order valence-corrected chi connectivity index (χ3v) is 4.58. The molecule has 0 aliphatic rings. The fourth-order valence-corrected chi connectivity index (χ4v) is 3.09. The molecule has 120 valence electrons. The molecule has 0 radical (unpaired) electrons. The maximum atomic E-state index is 12.8. The SMILES string of the molecule is Cc1ccc(C=CC(=O)N(Cc2cccs2)c2ccccc2)cc1. The van der Waals surface area contributed by atoms with Crippen molar-refractivity contribution in [1.29, 1.82) is 0 Å². The Morgan fingerprint density at radius 1 is 1.00 bits per heavy atom. The number of carbonyl (C=O) groups is 1. The second-order valence-electron chi connectivity index (χ2n) is 5.58. The van der Waals surface area contributed by atoms with Gasteiger partial charge in [0.2, 0.25) is 0 Å². The van der Waals surface area contributed by atoms with E-state index in [4.69, 9.17) is 0 Å². The van der Waals surface area contributed by atoms with Crippen LogP contribution in [-0.2, 0) is 11.3 Å². The van der Waals surface area contributed by atoms with Crippen molar-refractivity contribution < 1.29 is 4.79 Å². The first-order chi connectivity index (χ1) is 11.7. The molecule has 1 amide bonds. The summed E-state index contributed by atoms with van der Waals surface area (Å²) in [5, 5.41) is 2.03. The minimum Gasteiger partial charge on any atom is -0.304 e. The average molecular weight is 333 g/mol. The Bertz CT molecular complexity index is 805. The summed E-state index contributed by atoms with van der Waals surface area (Å²) in [6.07, 6.45) is 3.51. The van der Waals surface area contributed by atoms with E-state index in [9.17, 15) is 4.79 Å². The van der Waals surface area contributed by atoms with Crippen molar-refractivity contribution in [3.05, 3.63) is 94.2 Å². The molecule has 0 bridgehead atoms. The highest BCUT2D eigenvalue weighted by Gasteiger charge is 2.14. The number of anilines is 1. The van der Waals surface area contributed by atoms with E-state index >= 15 is 0 Å². The van der Waals surface area contributed by atoms with E-state index < -0.39 is 0 Å². The van der Waals surface area contributed by atoms with Gasteiger partial charge >= 0.3 is 0 Å². The molecule has 3 aromatic rings.